The summed E-state index contributed by atoms with van der Waals surface area (Å²) in [6, 6.07) is 17.2. The van der Waals surface area contributed by atoms with E-state index in [-0.39, 0.29) is 5.91 Å². The Morgan fingerprint density at radius 1 is 1.10 bits per heavy atom. The average Bonchev–Trinajstić information content (AvgIpc) is 3.16. The number of nitrogens with zero attached hydrogens (tertiary/aromatic N) is 2. The smallest absolute Gasteiger partial charge is 0.272 e. The number of hydrogen-bond donors (Lipinski definition) is 3. The standard InChI is InChI=1S/C22H22N4O3/c1-26(2)22(28)21-20(17-6-4-3-5-7-17)23-18(24-21)14-16-10-8-15(9-11-16)12-13-19(27)25-29/h3-13,29H,14H2,1-2H3,(H,23,24)(H,25,27). The number of imidazole rings is 1. The molecule has 0 aliphatic carbocycles. The predicted molar refractivity (Wildman–Crippen MR) is 110 cm³/mol. The first kappa shape index (κ1) is 20.0. The minimum absolute atomic E-state index is 0.134. The molecule has 3 rings (SSSR count). The molecule has 2 aromatic carbocycles. The molecule has 0 saturated heterocycles. The number of carbonyl (C=O) groups is 2. The molecule has 7 heteroatoms. The van der Waals surface area contributed by atoms with Gasteiger partial charge in [0.15, 0.2) is 0 Å². The van der Waals surface area contributed by atoms with Crippen molar-refractivity contribution in [2.24, 2.45) is 0 Å². The first-order valence-electron chi connectivity index (χ1n) is 9.05. The molecule has 0 unspecified atom stereocenters. The van der Waals surface area contributed by atoms with Gasteiger partial charge in [0.05, 0.1) is 0 Å². The van der Waals surface area contributed by atoms with Crippen molar-refractivity contribution in [3.8, 4) is 11.3 Å². The maximum absolute atomic E-state index is 12.6. The van der Waals surface area contributed by atoms with Gasteiger partial charge >= 0.3 is 0 Å². The predicted octanol–water partition coefficient (Wildman–Crippen LogP) is 2.89. The van der Waals surface area contributed by atoms with Crippen molar-refractivity contribution in [2.75, 3.05) is 14.1 Å². The topological polar surface area (TPSA) is 98.3 Å². The molecule has 0 bridgehead atoms. The molecule has 0 saturated carbocycles. The van der Waals surface area contributed by atoms with E-state index in [4.69, 9.17) is 5.21 Å². The second-order valence-electron chi connectivity index (χ2n) is 6.70. The van der Waals surface area contributed by atoms with Gasteiger partial charge in [-0.15, -0.1) is 0 Å². The first-order valence-corrected chi connectivity index (χ1v) is 9.05. The van der Waals surface area contributed by atoms with Crippen LogP contribution in [-0.4, -0.2) is 46.0 Å². The number of H-pyrrole nitrogens is 1. The van der Waals surface area contributed by atoms with Crippen LogP contribution in [0, 0.1) is 0 Å². The van der Waals surface area contributed by atoms with Gasteiger partial charge in [0.1, 0.15) is 17.2 Å². The SMILES string of the molecule is CN(C)C(=O)c1[nH]c(Cc2ccc(C=CC(=O)NO)cc2)nc1-c1ccccc1. The average molecular weight is 390 g/mol. The molecule has 1 aromatic heterocycles. The van der Waals surface area contributed by atoms with Gasteiger partial charge in [-0.3, -0.25) is 14.8 Å². The third-order valence-electron chi connectivity index (χ3n) is 4.31. The normalized spacial score (nSPS) is 10.9. The lowest BCUT2D eigenvalue weighted by Crippen LogP contribution is -2.22. The van der Waals surface area contributed by atoms with E-state index < -0.39 is 5.91 Å². The fourth-order valence-corrected chi connectivity index (χ4v) is 2.84. The van der Waals surface area contributed by atoms with Crippen molar-refractivity contribution in [1.82, 2.24) is 20.3 Å². The molecule has 148 valence electrons. The molecule has 29 heavy (non-hydrogen) atoms. The Kier molecular flexibility index (Phi) is 6.21. The molecule has 7 nitrogen and oxygen atoms in total. The van der Waals surface area contributed by atoms with Gasteiger partial charge in [0.2, 0.25) is 0 Å². The summed E-state index contributed by atoms with van der Waals surface area (Å²) in [5.41, 5.74) is 5.35. The fraction of sp³-hybridized carbons (Fsp3) is 0.136. The zero-order valence-corrected chi connectivity index (χ0v) is 16.2. The number of hydrogen-bond acceptors (Lipinski definition) is 4. The second-order valence-corrected chi connectivity index (χ2v) is 6.70. The summed E-state index contributed by atoms with van der Waals surface area (Å²) in [4.78, 5) is 33.0. The molecule has 0 aliphatic heterocycles. The number of nitrogens with one attached hydrogen (secondary N) is 2. The van der Waals surface area contributed by atoms with Crippen LogP contribution in [-0.2, 0) is 11.2 Å². The fourth-order valence-electron chi connectivity index (χ4n) is 2.84. The molecule has 3 aromatic rings. The Morgan fingerprint density at radius 3 is 2.41 bits per heavy atom. The molecule has 0 fully saturated rings. The molecule has 2 amide bonds. The second kappa shape index (κ2) is 8.99. The van der Waals surface area contributed by atoms with Gasteiger partial charge in [-0.05, 0) is 17.2 Å². The lowest BCUT2D eigenvalue weighted by atomic mass is 10.1. The summed E-state index contributed by atoms with van der Waals surface area (Å²) in [5, 5.41) is 8.51. The van der Waals surface area contributed by atoms with Crippen LogP contribution in [0.25, 0.3) is 17.3 Å². The van der Waals surface area contributed by atoms with Crippen LogP contribution in [0.5, 0.6) is 0 Å². The highest BCUT2D eigenvalue weighted by molar-refractivity contribution is 5.98. The number of carbonyl (C=O) groups excluding carboxylic acids is 2. The summed E-state index contributed by atoms with van der Waals surface area (Å²) in [6.45, 7) is 0. The third-order valence-corrected chi connectivity index (χ3v) is 4.31. The van der Waals surface area contributed by atoms with Crippen LogP contribution in [0.4, 0.5) is 0 Å². The molecule has 1 heterocycles. The van der Waals surface area contributed by atoms with E-state index in [1.54, 1.807) is 25.7 Å². The maximum Gasteiger partial charge on any atom is 0.272 e. The highest BCUT2D eigenvalue weighted by Crippen LogP contribution is 2.23. The quantitative estimate of drug-likeness (QED) is 0.342. The van der Waals surface area contributed by atoms with Crippen LogP contribution in [0.3, 0.4) is 0 Å². The summed E-state index contributed by atoms with van der Waals surface area (Å²) < 4.78 is 0. The molecular formula is C22H22N4O3. The molecule has 0 aliphatic rings. The number of benzene rings is 2. The van der Waals surface area contributed by atoms with E-state index in [1.165, 1.54) is 11.0 Å². The highest BCUT2D eigenvalue weighted by atomic mass is 16.5. The first-order chi connectivity index (χ1) is 14.0. The van der Waals surface area contributed by atoms with Crippen molar-refractivity contribution < 1.29 is 14.8 Å². The number of amides is 2. The summed E-state index contributed by atoms with van der Waals surface area (Å²) >= 11 is 0. The molecular weight excluding hydrogens is 368 g/mol. The Hall–Kier alpha value is -3.71. The van der Waals surface area contributed by atoms with Crippen molar-refractivity contribution in [3.05, 3.63) is 83.3 Å². The molecule has 0 spiro atoms. The van der Waals surface area contributed by atoms with Gasteiger partial charge < -0.3 is 9.88 Å². The minimum atomic E-state index is -0.587. The van der Waals surface area contributed by atoms with Crippen LogP contribution in [0.1, 0.15) is 27.4 Å². The van der Waals surface area contributed by atoms with Crippen LogP contribution in [0.2, 0.25) is 0 Å². The highest BCUT2D eigenvalue weighted by Gasteiger charge is 2.20. The Bertz CT molecular complexity index is 1020. The summed E-state index contributed by atoms with van der Waals surface area (Å²) in [6.07, 6.45) is 3.37. The van der Waals surface area contributed by atoms with E-state index >= 15 is 0 Å². The Labute approximate surface area is 168 Å². The van der Waals surface area contributed by atoms with Crippen molar-refractivity contribution >= 4 is 17.9 Å². The lowest BCUT2D eigenvalue weighted by Gasteiger charge is -2.09. The molecule has 3 N–H and O–H groups in total. The van der Waals surface area contributed by atoms with E-state index in [2.05, 4.69) is 9.97 Å². The van der Waals surface area contributed by atoms with Crippen LogP contribution < -0.4 is 5.48 Å². The number of hydroxylamine groups is 1. The zero-order valence-electron chi connectivity index (χ0n) is 16.2. The van der Waals surface area contributed by atoms with Crippen molar-refractivity contribution in [1.29, 1.82) is 0 Å². The van der Waals surface area contributed by atoms with E-state index in [0.29, 0.717) is 23.6 Å². The lowest BCUT2D eigenvalue weighted by molar-refractivity contribution is -0.124. The molecule has 0 atom stereocenters. The van der Waals surface area contributed by atoms with Gasteiger partial charge in [-0.25, -0.2) is 10.5 Å². The third kappa shape index (κ3) is 4.97. The van der Waals surface area contributed by atoms with E-state index in [0.717, 1.165) is 16.7 Å². The van der Waals surface area contributed by atoms with Gasteiger partial charge in [-0.2, -0.15) is 0 Å². The number of rotatable bonds is 6. The maximum atomic E-state index is 12.6. The van der Waals surface area contributed by atoms with E-state index in [1.807, 2.05) is 54.6 Å². The largest absolute Gasteiger partial charge is 0.343 e. The number of aromatic nitrogens is 2. The zero-order chi connectivity index (χ0) is 20.8. The van der Waals surface area contributed by atoms with Gasteiger partial charge in [0, 0.05) is 32.2 Å². The Morgan fingerprint density at radius 2 is 1.79 bits per heavy atom. The van der Waals surface area contributed by atoms with Crippen molar-refractivity contribution in [3.63, 3.8) is 0 Å². The summed E-state index contributed by atoms with van der Waals surface area (Å²) in [7, 11) is 3.42. The number of aromatic amines is 1. The van der Waals surface area contributed by atoms with Crippen LogP contribution >= 0.6 is 0 Å². The summed E-state index contributed by atoms with van der Waals surface area (Å²) in [5.74, 6) is -0.0292. The minimum Gasteiger partial charge on any atom is -0.343 e. The Balaban J connectivity index is 1.85. The van der Waals surface area contributed by atoms with E-state index in [9.17, 15) is 9.59 Å². The monoisotopic (exact) mass is 390 g/mol. The van der Waals surface area contributed by atoms with Gasteiger partial charge in [-0.1, -0.05) is 54.6 Å². The molecule has 0 radical (unpaired) electrons. The van der Waals surface area contributed by atoms with Crippen molar-refractivity contribution in [2.45, 2.75) is 6.42 Å². The van der Waals surface area contributed by atoms with Crippen LogP contribution in [0.15, 0.2) is 60.7 Å². The van der Waals surface area contributed by atoms with Gasteiger partial charge in [0.25, 0.3) is 11.8 Å².